The van der Waals surface area contributed by atoms with Crippen LogP contribution >= 0.6 is 0 Å². The number of nitrogens with two attached hydrogens (primary N) is 4. The second-order valence-corrected chi connectivity index (χ2v) is 22.0. The molecule has 0 aromatic heterocycles. The van der Waals surface area contributed by atoms with Gasteiger partial charge in [0.15, 0.2) is 5.96 Å². The highest BCUT2D eigenvalue weighted by Gasteiger charge is 2.38. The molecule has 454 valence electrons. The van der Waals surface area contributed by atoms with E-state index in [1.165, 1.54) is 13.8 Å². The fourth-order valence-corrected chi connectivity index (χ4v) is 7.92. The van der Waals surface area contributed by atoms with Crippen molar-refractivity contribution < 1.29 is 68.4 Å². The summed E-state index contributed by atoms with van der Waals surface area (Å²) >= 11 is 0. The molecule has 0 aromatic carbocycles. The number of hydrogen-bond donors (Lipinski definition) is 17. The topological polar surface area (TPSA) is 476 Å². The van der Waals surface area contributed by atoms with Crippen LogP contribution in [-0.2, 0) is 47.9 Å². The van der Waals surface area contributed by atoms with Crippen molar-refractivity contribution in [2.45, 2.75) is 207 Å². The van der Waals surface area contributed by atoms with Gasteiger partial charge in [0.1, 0.15) is 54.4 Å². The Bertz CT molecular complexity index is 2020. The van der Waals surface area contributed by atoms with Gasteiger partial charge in [-0.2, -0.15) is 0 Å². The lowest BCUT2D eigenvalue weighted by Gasteiger charge is -2.30. The van der Waals surface area contributed by atoms with E-state index in [4.69, 9.17) is 22.9 Å². The van der Waals surface area contributed by atoms with Crippen molar-refractivity contribution >= 4 is 65.1 Å². The van der Waals surface area contributed by atoms with Crippen molar-refractivity contribution in [2.75, 3.05) is 19.7 Å². The van der Waals surface area contributed by atoms with Gasteiger partial charge in [-0.05, 0) is 101 Å². The Morgan fingerprint density at radius 1 is 0.430 bits per heavy atom. The van der Waals surface area contributed by atoms with E-state index in [-0.39, 0.29) is 62.4 Å². The lowest BCUT2D eigenvalue weighted by molar-refractivity contribution is -0.143. The number of aliphatic hydroxyl groups is 3. The first kappa shape index (κ1) is 72.8. The maximum atomic E-state index is 14.1. The molecule has 9 amide bonds. The molecule has 28 nitrogen and oxygen atoms in total. The highest BCUT2D eigenvalue weighted by molar-refractivity contribution is 5.98. The van der Waals surface area contributed by atoms with Gasteiger partial charge in [0.05, 0.1) is 24.9 Å². The van der Waals surface area contributed by atoms with Gasteiger partial charge < -0.3 is 91.2 Å². The summed E-state index contributed by atoms with van der Waals surface area (Å²) in [6.07, 6.45) is -1.54. The first-order chi connectivity index (χ1) is 36.7. The molecule has 0 saturated heterocycles. The average molecular weight is 1130 g/mol. The first-order valence-corrected chi connectivity index (χ1v) is 27.1. The Hall–Kier alpha value is -6.23. The molecule has 0 aliphatic carbocycles. The van der Waals surface area contributed by atoms with Gasteiger partial charge >= 0.3 is 5.97 Å². The average Bonchev–Trinajstić information content (AvgIpc) is 3.33. The fraction of sp³-hybridized carbons (Fsp3) is 0.784. The van der Waals surface area contributed by atoms with E-state index < -0.39 is 150 Å². The summed E-state index contributed by atoms with van der Waals surface area (Å²) in [6, 6.07) is -14.0. The molecule has 12 atom stereocenters. The molecule has 0 aliphatic heterocycles. The van der Waals surface area contributed by atoms with Gasteiger partial charge in [-0.1, -0.05) is 69.2 Å². The van der Waals surface area contributed by atoms with Crippen LogP contribution in [-0.4, -0.2) is 178 Å². The summed E-state index contributed by atoms with van der Waals surface area (Å²) in [5.41, 5.74) is 22.3. The van der Waals surface area contributed by atoms with Crippen LogP contribution < -0.4 is 70.8 Å². The Morgan fingerprint density at radius 2 is 0.759 bits per heavy atom. The lowest BCUT2D eigenvalue weighted by Crippen LogP contribution is -2.63. The van der Waals surface area contributed by atoms with Gasteiger partial charge in [-0.3, -0.25) is 48.1 Å². The molecule has 0 aromatic rings. The number of carboxylic acid groups (broad SMARTS) is 1. The maximum Gasteiger partial charge on any atom is 0.326 e. The molecule has 0 radical (unpaired) electrons. The highest BCUT2D eigenvalue weighted by atomic mass is 16.4. The zero-order valence-corrected chi connectivity index (χ0v) is 48.2. The molecule has 79 heavy (non-hydrogen) atoms. The zero-order chi connectivity index (χ0) is 61.0. The minimum atomic E-state index is -1.70. The third-order valence-electron chi connectivity index (χ3n) is 12.3. The second kappa shape index (κ2) is 36.8. The van der Waals surface area contributed by atoms with Crippen LogP contribution in [0.5, 0.6) is 0 Å². The summed E-state index contributed by atoms with van der Waals surface area (Å²) < 4.78 is 0. The van der Waals surface area contributed by atoms with E-state index in [0.29, 0.717) is 25.8 Å². The Labute approximate surface area is 464 Å². The van der Waals surface area contributed by atoms with E-state index in [0.717, 1.165) is 0 Å². The Kier molecular flexibility index (Phi) is 33.9. The van der Waals surface area contributed by atoms with Crippen LogP contribution in [0, 0.1) is 29.6 Å². The summed E-state index contributed by atoms with van der Waals surface area (Å²) in [7, 11) is 0. The molecule has 0 rings (SSSR count). The van der Waals surface area contributed by atoms with Gasteiger partial charge in [0.25, 0.3) is 0 Å². The normalized spacial score (nSPS) is 16.1. The third-order valence-corrected chi connectivity index (χ3v) is 12.3. The number of guanidine groups is 1. The van der Waals surface area contributed by atoms with Gasteiger partial charge in [0.2, 0.25) is 53.2 Å². The minimum absolute atomic E-state index is 0.00479. The number of nitrogens with zero attached hydrogens (tertiary/aromatic N) is 1. The second-order valence-electron chi connectivity index (χ2n) is 22.0. The quantitative estimate of drug-likeness (QED) is 0.0160. The molecule has 0 fully saturated rings. The van der Waals surface area contributed by atoms with Crippen molar-refractivity contribution in [1.29, 1.82) is 0 Å². The third kappa shape index (κ3) is 28.0. The van der Waals surface area contributed by atoms with E-state index in [9.17, 15) is 68.4 Å². The van der Waals surface area contributed by atoms with Crippen LogP contribution in [0.25, 0.3) is 0 Å². The van der Waals surface area contributed by atoms with Gasteiger partial charge in [0, 0.05) is 6.54 Å². The van der Waals surface area contributed by atoms with Crippen molar-refractivity contribution in [1.82, 2.24) is 47.9 Å². The SMILES string of the molecule is CC(C)C[C@H](NC(=O)[C@H](CC(C)C)NC(=O)[C@@H](NC(=O)[C@H](CC(C)C)NC(=O)[C@@H](NC(=O)[C@@H](N)CCCN=C(N)N)C(C)C)[C@@H](C)O)C(=O)N[C@@H](CO)C(=O)N[C@H](C(=O)N[C@H](C(=O)N[C@@H](CCCCN)C(=O)O)[C@@H](C)O)C(C)C. The Balaban J connectivity index is 6.41. The fourth-order valence-electron chi connectivity index (χ4n) is 7.92. The lowest BCUT2D eigenvalue weighted by atomic mass is 9.98. The zero-order valence-electron chi connectivity index (χ0n) is 48.2. The number of aliphatic hydroxyl groups excluding tert-OH is 3. The summed E-state index contributed by atoms with van der Waals surface area (Å²) in [5, 5.41) is 63.7. The molecule has 0 aliphatic rings. The first-order valence-electron chi connectivity index (χ1n) is 27.1. The van der Waals surface area contributed by atoms with Crippen LogP contribution in [0.2, 0.25) is 0 Å². The van der Waals surface area contributed by atoms with Crippen molar-refractivity contribution in [3.05, 3.63) is 0 Å². The van der Waals surface area contributed by atoms with Crippen molar-refractivity contribution in [3.8, 4) is 0 Å². The molecule has 21 N–H and O–H groups in total. The number of aliphatic imine (C=N–C) groups is 1. The number of nitrogens with one attached hydrogen (secondary N) is 9. The molecular formula is C51H96N14O14. The van der Waals surface area contributed by atoms with E-state index in [1.54, 1.807) is 69.2 Å². The molecule has 0 saturated carbocycles. The molecule has 0 heterocycles. The Morgan fingerprint density at radius 3 is 1.13 bits per heavy atom. The number of carbonyl (C=O) groups is 10. The summed E-state index contributed by atoms with van der Waals surface area (Å²) in [4.78, 5) is 139. The van der Waals surface area contributed by atoms with E-state index >= 15 is 0 Å². The standard InChI is InChI=1S/C51H96N14O14/c1-24(2)20-33(43(71)61-36(23-66)45(73)63-38(28(9)10)47(75)65-40(30(12)68)48(76)57-32(50(78)79)17-13-14-18-52)58-42(70)34(21-25(3)4)60-49(77)39(29(11)67)64-44(72)35(22-26(5)6)59-46(74)37(27(7)8)62-41(69)31(53)16-15-19-56-51(54)55/h24-40,66-68H,13-23,52-53H2,1-12H3,(H,57,76)(H,58,70)(H,59,74)(H,60,77)(H,61,71)(H,62,69)(H,63,73)(H,64,72)(H,65,75)(H,78,79)(H4,54,55,56)/t29-,30-,31+,32+,33+,34+,35+,36+,37+,38+,39+,40+/m1/s1. The van der Waals surface area contributed by atoms with Crippen LogP contribution in [0.3, 0.4) is 0 Å². The number of carbonyl (C=O) groups excluding carboxylic acids is 9. The van der Waals surface area contributed by atoms with Crippen LogP contribution in [0.4, 0.5) is 0 Å². The number of hydrogen-bond acceptors (Lipinski definition) is 16. The maximum absolute atomic E-state index is 14.1. The predicted octanol–water partition coefficient (Wildman–Crippen LogP) is -3.85. The number of carboxylic acids is 1. The number of unbranched alkanes of at least 4 members (excludes halogenated alkanes) is 1. The van der Waals surface area contributed by atoms with Crippen molar-refractivity contribution in [3.63, 3.8) is 0 Å². The molecule has 0 bridgehead atoms. The van der Waals surface area contributed by atoms with E-state index in [1.807, 2.05) is 0 Å². The molecular weight excluding hydrogens is 1030 g/mol. The minimum Gasteiger partial charge on any atom is -0.480 e. The highest BCUT2D eigenvalue weighted by Crippen LogP contribution is 2.14. The predicted molar refractivity (Wildman–Crippen MR) is 294 cm³/mol. The molecule has 0 unspecified atom stereocenters. The molecule has 0 spiro atoms. The number of amides is 9. The molecule has 28 heteroatoms. The van der Waals surface area contributed by atoms with Gasteiger partial charge in [-0.25, -0.2) is 4.79 Å². The van der Waals surface area contributed by atoms with Crippen molar-refractivity contribution in [2.24, 2.45) is 57.5 Å². The van der Waals surface area contributed by atoms with Crippen LogP contribution in [0.15, 0.2) is 4.99 Å². The summed E-state index contributed by atoms with van der Waals surface area (Å²) in [5.74, 6) is -11.3. The smallest absolute Gasteiger partial charge is 0.326 e. The van der Waals surface area contributed by atoms with Gasteiger partial charge in [-0.15, -0.1) is 0 Å². The van der Waals surface area contributed by atoms with E-state index in [2.05, 4.69) is 52.8 Å². The number of rotatable bonds is 38. The number of aliphatic carboxylic acids is 1. The summed E-state index contributed by atoms with van der Waals surface area (Å²) in [6.45, 7) is 19.0. The van der Waals surface area contributed by atoms with Crippen LogP contribution in [0.1, 0.15) is 134 Å². The largest absolute Gasteiger partial charge is 0.480 e. The monoisotopic (exact) mass is 1130 g/mol.